The topological polar surface area (TPSA) is 70.7 Å². The second kappa shape index (κ2) is 8.95. The zero-order chi connectivity index (χ0) is 22.8. The number of ether oxygens (including phenoxy) is 2. The van der Waals surface area contributed by atoms with Gasteiger partial charge in [0.05, 0.1) is 30.3 Å². The Morgan fingerprint density at radius 1 is 0.970 bits per heavy atom. The third-order valence-electron chi connectivity index (χ3n) is 5.10. The Bertz CT molecular complexity index is 1500. The Morgan fingerprint density at radius 3 is 2.61 bits per heavy atom. The summed E-state index contributed by atoms with van der Waals surface area (Å²) in [5.41, 5.74) is 1.18. The molecule has 0 aliphatic carbocycles. The zero-order valence-corrected chi connectivity index (χ0v) is 18.5. The third-order valence-corrected chi connectivity index (χ3v) is 6.00. The van der Waals surface area contributed by atoms with Crippen LogP contribution in [0.1, 0.15) is 0 Å². The van der Waals surface area contributed by atoms with Gasteiger partial charge in [-0.25, -0.2) is 8.96 Å². The summed E-state index contributed by atoms with van der Waals surface area (Å²) in [6.07, 6.45) is 0. The van der Waals surface area contributed by atoms with E-state index < -0.39 is 0 Å². The average Bonchev–Trinajstić information content (AvgIpc) is 3.27. The summed E-state index contributed by atoms with van der Waals surface area (Å²) in [6, 6.07) is 20.5. The van der Waals surface area contributed by atoms with Gasteiger partial charge in [-0.1, -0.05) is 30.0 Å². The fourth-order valence-electron chi connectivity index (χ4n) is 3.58. The molecule has 3 aromatic carbocycles. The molecule has 5 aromatic rings. The first kappa shape index (κ1) is 21.0. The van der Waals surface area contributed by atoms with Crippen molar-refractivity contribution in [3.8, 4) is 17.2 Å². The van der Waals surface area contributed by atoms with E-state index in [1.807, 2.05) is 40.8 Å². The van der Waals surface area contributed by atoms with Crippen molar-refractivity contribution in [3.63, 3.8) is 0 Å². The fourth-order valence-corrected chi connectivity index (χ4v) is 4.33. The van der Waals surface area contributed by atoms with E-state index in [9.17, 15) is 9.18 Å². The van der Waals surface area contributed by atoms with Gasteiger partial charge in [0.1, 0.15) is 17.3 Å². The first-order valence-electron chi connectivity index (χ1n) is 10.2. The molecule has 0 saturated heterocycles. The van der Waals surface area contributed by atoms with Crippen LogP contribution in [0.4, 0.5) is 4.39 Å². The molecule has 0 aliphatic heterocycles. The molecule has 2 aromatic heterocycles. The molecule has 0 aliphatic rings. The highest BCUT2D eigenvalue weighted by Gasteiger charge is 2.18. The molecule has 0 amide bonds. The van der Waals surface area contributed by atoms with Gasteiger partial charge in [-0.3, -0.25) is 9.20 Å². The molecular formula is C24H19FN4O3S. The molecule has 7 nitrogen and oxygen atoms in total. The summed E-state index contributed by atoms with van der Waals surface area (Å²) in [4.78, 5) is 13.4. The van der Waals surface area contributed by atoms with Crippen LogP contribution in [0.3, 0.4) is 0 Å². The van der Waals surface area contributed by atoms with Gasteiger partial charge in [0.25, 0.3) is 5.56 Å². The van der Waals surface area contributed by atoms with Crippen molar-refractivity contribution in [2.75, 3.05) is 19.5 Å². The lowest BCUT2D eigenvalue weighted by Gasteiger charge is -2.12. The summed E-state index contributed by atoms with van der Waals surface area (Å²) in [5, 5.41) is 9.88. The lowest BCUT2D eigenvalue weighted by Crippen LogP contribution is -2.21. The van der Waals surface area contributed by atoms with Gasteiger partial charge < -0.3 is 9.47 Å². The number of halogens is 1. The minimum atomic E-state index is -0.305. The summed E-state index contributed by atoms with van der Waals surface area (Å²) in [6.45, 7) is 0.401. The van der Waals surface area contributed by atoms with Crippen molar-refractivity contribution in [1.29, 1.82) is 0 Å². The molecule has 0 unspecified atom stereocenters. The molecule has 166 valence electrons. The monoisotopic (exact) mass is 462 g/mol. The van der Waals surface area contributed by atoms with Gasteiger partial charge in [0.15, 0.2) is 5.16 Å². The predicted molar refractivity (Wildman–Crippen MR) is 125 cm³/mol. The molecule has 33 heavy (non-hydrogen) atoms. The normalized spacial score (nSPS) is 11.2. The van der Waals surface area contributed by atoms with Gasteiger partial charge in [0.2, 0.25) is 5.78 Å². The maximum Gasteiger partial charge on any atom is 0.267 e. The molecule has 0 spiro atoms. The van der Waals surface area contributed by atoms with Crippen molar-refractivity contribution >= 4 is 28.4 Å². The average molecular weight is 463 g/mol. The zero-order valence-electron chi connectivity index (χ0n) is 17.6. The number of fused-ring (bicyclic) bond motifs is 3. The Balaban J connectivity index is 1.52. The number of hydrogen-bond donors (Lipinski definition) is 0. The van der Waals surface area contributed by atoms with E-state index in [4.69, 9.17) is 9.47 Å². The number of thioether (sulfide) groups is 1. The largest absolute Gasteiger partial charge is 0.497 e. The first-order valence-corrected chi connectivity index (χ1v) is 11.2. The highest BCUT2D eigenvalue weighted by atomic mass is 32.2. The summed E-state index contributed by atoms with van der Waals surface area (Å²) < 4.78 is 27.5. The molecule has 0 atom stereocenters. The number of methoxy groups -OCH3 is 1. The molecular weight excluding hydrogens is 443 g/mol. The molecule has 0 saturated carbocycles. The van der Waals surface area contributed by atoms with Crippen LogP contribution in [0.2, 0.25) is 0 Å². The smallest absolute Gasteiger partial charge is 0.267 e. The highest BCUT2D eigenvalue weighted by molar-refractivity contribution is 7.99. The Kier molecular flexibility index (Phi) is 5.70. The van der Waals surface area contributed by atoms with E-state index in [1.165, 1.54) is 28.5 Å². The summed E-state index contributed by atoms with van der Waals surface area (Å²) >= 11 is 1.46. The molecule has 0 bridgehead atoms. The van der Waals surface area contributed by atoms with Crippen LogP contribution in [-0.2, 0) is 0 Å². The summed E-state index contributed by atoms with van der Waals surface area (Å²) in [7, 11) is 1.58. The van der Waals surface area contributed by atoms with Crippen LogP contribution < -0.4 is 15.0 Å². The second-order valence-corrected chi connectivity index (χ2v) is 8.19. The van der Waals surface area contributed by atoms with Gasteiger partial charge in [-0.05, 0) is 48.5 Å². The number of nitrogens with zero attached hydrogens (tertiary/aromatic N) is 4. The van der Waals surface area contributed by atoms with E-state index in [-0.39, 0.29) is 11.4 Å². The number of para-hydroxylation sites is 1. The van der Waals surface area contributed by atoms with Crippen LogP contribution in [-0.4, -0.2) is 38.6 Å². The van der Waals surface area contributed by atoms with Crippen molar-refractivity contribution < 1.29 is 13.9 Å². The number of benzene rings is 3. The van der Waals surface area contributed by atoms with E-state index >= 15 is 0 Å². The van der Waals surface area contributed by atoms with E-state index in [0.717, 1.165) is 5.52 Å². The van der Waals surface area contributed by atoms with E-state index in [1.54, 1.807) is 31.4 Å². The van der Waals surface area contributed by atoms with E-state index in [0.29, 0.717) is 45.9 Å². The molecule has 9 heteroatoms. The Hall–Kier alpha value is -3.85. The fraction of sp³-hybridized carbons (Fsp3) is 0.125. The maximum atomic E-state index is 13.4. The van der Waals surface area contributed by atoms with Crippen LogP contribution in [0.5, 0.6) is 11.5 Å². The maximum absolute atomic E-state index is 13.4. The lowest BCUT2D eigenvalue weighted by atomic mass is 10.2. The number of aromatic nitrogens is 4. The lowest BCUT2D eigenvalue weighted by molar-refractivity contribution is 0.343. The first-order chi connectivity index (χ1) is 16.2. The SMILES string of the molecule is COc1cccc(-n2c(=O)c3ccccc3n3c(SCCOc4ccc(F)cc4)nnc23)c1. The molecule has 0 radical (unpaired) electrons. The van der Waals surface area contributed by atoms with Crippen LogP contribution >= 0.6 is 11.8 Å². The quantitative estimate of drug-likeness (QED) is 0.265. The minimum absolute atomic E-state index is 0.185. The molecule has 0 fully saturated rings. The Labute approximate surface area is 192 Å². The van der Waals surface area contributed by atoms with Gasteiger partial charge in [-0.2, -0.15) is 0 Å². The predicted octanol–water partition coefficient (Wildman–Crippen LogP) is 4.35. The standard InChI is InChI=1S/C24H19FN4O3S/c1-31-19-6-4-5-17(15-19)28-22(30)20-7-2-3-8-21(20)29-23(28)26-27-24(29)33-14-13-32-18-11-9-16(25)10-12-18/h2-12,15H,13-14H2,1H3. The molecule has 5 rings (SSSR count). The van der Waals surface area contributed by atoms with Gasteiger partial charge in [0, 0.05) is 11.8 Å². The highest BCUT2D eigenvalue weighted by Crippen LogP contribution is 2.24. The van der Waals surface area contributed by atoms with Crippen molar-refractivity contribution in [3.05, 3.63) is 89.0 Å². The van der Waals surface area contributed by atoms with Crippen molar-refractivity contribution in [2.24, 2.45) is 0 Å². The second-order valence-electron chi connectivity index (χ2n) is 7.13. The van der Waals surface area contributed by atoms with Gasteiger partial charge >= 0.3 is 0 Å². The van der Waals surface area contributed by atoms with E-state index in [2.05, 4.69) is 10.2 Å². The molecule has 0 N–H and O–H groups in total. The Morgan fingerprint density at radius 2 is 1.79 bits per heavy atom. The number of rotatable bonds is 7. The summed E-state index contributed by atoms with van der Waals surface area (Å²) in [5.74, 6) is 1.93. The van der Waals surface area contributed by atoms with Crippen molar-refractivity contribution in [1.82, 2.24) is 19.2 Å². The van der Waals surface area contributed by atoms with Crippen LogP contribution in [0.15, 0.2) is 82.7 Å². The van der Waals surface area contributed by atoms with Crippen LogP contribution in [0, 0.1) is 5.82 Å². The van der Waals surface area contributed by atoms with Crippen molar-refractivity contribution in [2.45, 2.75) is 5.16 Å². The van der Waals surface area contributed by atoms with Crippen LogP contribution in [0.25, 0.3) is 22.4 Å². The third kappa shape index (κ3) is 4.03. The number of hydrogen-bond acceptors (Lipinski definition) is 6. The van der Waals surface area contributed by atoms with Gasteiger partial charge in [-0.15, -0.1) is 10.2 Å². The molecule has 2 heterocycles. The minimum Gasteiger partial charge on any atom is -0.497 e.